The Morgan fingerprint density at radius 1 is 1.14 bits per heavy atom. The molecule has 1 aliphatic rings. The van der Waals surface area contributed by atoms with Crippen molar-refractivity contribution < 1.29 is 9.53 Å². The summed E-state index contributed by atoms with van der Waals surface area (Å²) in [6, 6.07) is 7.95. The largest absolute Gasteiger partial charge is 0.455 e. The SMILES string of the molecule is CCC1(OC(=O)c2ccc(C(C)(C)CC)cc2)CCCC1. The zero-order valence-corrected chi connectivity index (χ0v) is 13.9. The first-order chi connectivity index (χ1) is 9.92. The van der Waals surface area contributed by atoms with Crippen LogP contribution >= 0.6 is 0 Å². The van der Waals surface area contributed by atoms with Crippen LogP contribution in [0.25, 0.3) is 0 Å². The van der Waals surface area contributed by atoms with Gasteiger partial charge in [-0.15, -0.1) is 0 Å². The van der Waals surface area contributed by atoms with Crippen molar-refractivity contribution in [1.29, 1.82) is 0 Å². The topological polar surface area (TPSA) is 26.3 Å². The number of hydrogen-bond donors (Lipinski definition) is 0. The van der Waals surface area contributed by atoms with Gasteiger partial charge < -0.3 is 4.74 Å². The first-order valence-corrected chi connectivity index (χ1v) is 8.26. The summed E-state index contributed by atoms with van der Waals surface area (Å²) in [7, 11) is 0. The molecule has 1 aromatic rings. The molecule has 0 saturated heterocycles. The molecular formula is C19H28O2. The van der Waals surface area contributed by atoms with Gasteiger partial charge >= 0.3 is 5.97 Å². The molecule has 1 saturated carbocycles. The van der Waals surface area contributed by atoms with Crippen LogP contribution in [-0.2, 0) is 10.2 Å². The van der Waals surface area contributed by atoms with Crippen molar-refractivity contribution in [2.75, 3.05) is 0 Å². The molecule has 0 bridgehead atoms. The van der Waals surface area contributed by atoms with Crippen molar-refractivity contribution in [3.8, 4) is 0 Å². The highest BCUT2D eigenvalue weighted by Crippen LogP contribution is 2.36. The Labute approximate surface area is 128 Å². The van der Waals surface area contributed by atoms with Gasteiger partial charge in [0.1, 0.15) is 5.60 Å². The summed E-state index contributed by atoms with van der Waals surface area (Å²) >= 11 is 0. The highest BCUT2D eigenvalue weighted by molar-refractivity contribution is 5.89. The number of benzene rings is 1. The molecule has 2 nitrogen and oxygen atoms in total. The van der Waals surface area contributed by atoms with Crippen LogP contribution in [0.3, 0.4) is 0 Å². The van der Waals surface area contributed by atoms with Gasteiger partial charge in [-0.3, -0.25) is 0 Å². The molecule has 1 aromatic carbocycles. The molecule has 116 valence electrons. The monoisotopic (exact) mass is 288 g/mol. The summed E-state index contributed by atoms with van der Waals surface area (Å²) in [5.41, 5.74) is 1.88. The normalized spacial score (nSPS) is 17.7. The molecule has 0 aromatic heterocycles. The molecule has 1 fully saturated rings. The van der Waals surface area contributed by atoms with Crippen molar-refractivity contribution in [3.63, 3.8) is 0 Å². The van der Waals surface area contributed by atoms with Crippen LogP contribution in [0.2, 0.25) is 0 Å². The second-order valence-corrected chi connectivity index (χ2v) is 6.95. The third kappa shape index (κ3) is 3.48. The Morgan fingerprint density at radius 2 is 1.71 bits per heavy atom. The van der Waals surface area contributed by atoms with E-state index in [2.05, 4.69) is 39.8 Å². The standard InChI is InChI=1S/C19H28O2/c1-5-18(3,4)16-11-9-15(10-12-16)17(20)21-19(6-2)13-7-8-14-19/h9-12H,5-8,13-14H2,1-4H3. The van der Waals surface area contributed by atoms with Crippen LogP contribution in [0.4, 0.5) is 0 Å². The summed E-state index contributed by atoms with van der Waals surface area (Å²) in [4.78, 5) is 12.4. The first-order valence-electron chi connectivity index (χ1n) is 8.26. The molecule has 0 unspecified atom stereocenters. The molecule has 21 heavy (non-hydrogen) atoms. The Bertz CT molecular complexity index is 479. The summed E-state index contributed by atoms with van der Waals surface area (Å²) in [5, 5.41) is 0. The third-order valence-corrected chi connectivity index (χ3v) is 5.25. The maximum absolute atomic E-state index is 12.4. The van der Waals surface area contributed by atoms with Crippen LogP contribution in [0.1, 0.15) is 82.1 Å². The molecule has 0 atom stereocenters. The molecule has 1 aliphatic carbocycles. The second-order valence-electron chi connectivity index (χ2n) is 6.95. The summed E-state index contributed by atoms with van der Waals surface area (Å²) in [6.07, 6.45) is 6.36. The van der Waals surface area contributed by atoms with E-state index in [-0.39, 0.29) is 17.0 Å². The Morgan fingerprint density at radius 3 is 2.19 bits per heavy atom. The number of esters is 1. The van der Waals surface area contributed by atoms with Crippen LogP contribution in [-0.4, -0.2) is 11.6 Å². The van der Waals surface area contributed by atoms with Crippen LogP contribution in [0.15, 0.2) is 24.3 Å². The van der Waals surface area contributed by atoms with E-state index < -0.39 is 0 Å². The van der Waals surface area contributed by atoms with Gasteiger partial charge in [0, 0.05) is 0 Å². The number of hydrogen-bond acceptors (Lipinski definition) is 2. The van der Waals surface area contributed by atoms with E-state index in [9.17, 15) is 4.79 Å². The Hall–Kier alpha value is -1.31. The zero-order valence-electron chi connectivity index (χ0n) is 13.9. The molecule has 0 aliphatic heterocycles. The van der Waals surface area contributed by atoms with E-state index in [1.807, 2.05) is 12.1 Å². The van der Waals surface area contributed by atoms with Gasteiger partial charge in [-0.1, -0.05) is 39.8 Å². The average Bonchev–Trinajstić information content (AvgIpc) is 2.96. The third-order valence-electron chi connectivity index (χ3n) is 5.25. The van der Waals surface area contributed by atoms with E-state index in [0.717, 1.165) is 25.7 Å². The first kappa shape index (κ1) is 16.1. The van der Waals surface area contributed by atoms with E-state index >= 15 is 0 Å². The van der Waals surface area contributed by atoms with Crippen molar-refractivity contribution in [3.05, 3.63) is 35.4 Å². The summed E-state index contributed by atoms with van der Waals surface area (Å²) < 4.78 is 5.85. The maximum Gasteiger partial charge on any atom is 0.338 e. The van der Waals surface area contributed by atoms with Crippen molar-refractivity contribution in [2.24, 2.45) is 0 Å². The van der Waals surface area contributed by atoms with Crippen molar-refractivity contribution in [1.82, 2.24) is 0 Å². The Balaban J connectivity index is 2.10. The van der Waals surface area contributed by atoms with Gasteiger partial charge in [-0.05, 0) is 61.6 Å². The molecule has 0 radical (unpaired) electrons. The van der Waals surface area contributed by atoms with Gasteiger partial charge in [0.25, 0.3) is 0 Å². The molecule has 0 amide bonds. The fourth-order valence-electron chi connectivity index (χ4n) is 3.06. The molecule has 0 N–H and O–H groups in total. The fraction of sp³-hybridized carbons (Fsp3) is 0.632. The second kappa shape index (κ2) is 6.21. The fourth-order valence-corrected chi connectivity index (χ4v) is 3.06. The number of rotatable bonds is 5. The number of carbonyl (C=O) groups excluding carboxylic acids is 1. The van der Waals surface area contributed by atoms with Crippen LogP contribution < -0.4 is 0 Å². The smallest absolute Gasteiger partial charge is 0.338 e. The molecule has 0 heterocycles. The van der Waals surface area contributed by atoms with E-state index in [4.69, 9.17) is 4.74 Å². The molecule has 2 rings (SSSR count). The molecule has 2 heteroatoms. The number of ether oxygens (including phenoxy) is 1. The lowest BCUT2D eigenvalue weighted by Gasteiger charge is -2.28. The predicted octanol–water partition coefficient (Wildman–Crippen LogP) is 5.25. The number of carbonyl (C=O) groups is 1. The predicted molar refractivity (Wildman–Crippen MR) is 86.7 cm³/mol. The van der Waals surface area contributed by atoms with Crippen molar-refractivity contribution >= 4 is 5.97 Å². The summed E-state index contributed by atoms with van der Waals surface area (Å²) in [5.74, 6) is -0.167. The highest BCUT2D eigenvalue weighted by Gasteiger charge is 2.36. The maximum atomic E-state index is 12.4. The van der Waals surface area contributed by atoms with Gasteiger partial charge in [-0.2, -0.15) is 0 Å². The zero-order chi connectivity index (χ0) is 15.5. The lowest BCUT2D eigenvalue weighted by atomic mass is 9.82. The molecular weight excluding hydrogens is 260 g/mol. The lowest BCUT2D eigenvalue weighted by molar-refractivity contribution is -0.0172. The minimum Gasteiger partial charge on any atom is -0.455 e. The van der Waals surface area contributed by atoms with Gasteiger partial charge in [0.2, 0.25) is 0 Å². The van der Waals surface area contributed by atoms with Crippen LogP contribution in [0, 0.1) is 0 Å². The van der Waals surface area contributed by atoms with Gasteiger partial charge in [0.05, 0.1) is 5.56 Å². The summed E-state index contributed by atoms with van der Waals surface area (Å²) in [6.45, 7) is 8.76. The van der Waals surface area contributed by atoms with Crippen LogP contribution in [0.5, 0.6) is 0 Å². The van der Waals surface area contributed by atoms with E-state index in [0.29, 0.717) is 5.56 Å². The van der Waals surface area contributed by atoms with Crippen molar-refractivity contribution in [2.45, 2.75) is 77.2 Å². The van der Waals surface area contributed by atoms with Gasteiger partial charge in [-0.25, -0.2) is 4.79 Å². The molecule has 0 spiro atoms. The minimum absolute atomic E-state index is 0.151. The van der Waals surface area contributed by atoms with Gasteiger partial charge in [0.15, 0.2) is 0 Å². The van der Waals surface area contributed by atoms with E-state index in [1.165, 1.54) is 18.4 Å². The lowest BCUT2D eigenvalue weighted by Crippen LogP contribution is -2.31. The van der Waals surface area contributed by atoms with E-state index in [1.54, 1.807) is 0 Å². The Kier molecular flexibility index (Phi) is 4.75. The minimum atomic E-state index is -0.210. The highest BCUT2D eigenvalue weighted by atomic mass is 16.6. The quantitative estimate of drug-likeness (QED) is 0.691. The average molecular weight is 288 g/mol.